The van der Waals surface area contributed by atoms with Gasteiger partial charge in [0.1, 0.15) is 18.0 Å². The molecule has 0 aliphatic heterocycles. The molecule has 0 unspecified atom stereocenters. The number of thiocyanates is 1. The molecule has 1 atom stereocenters. The third-order valence-electron chi connectivity index (χ3n) is 4.44. The Morgan fingerprint density at radius 3 is 2.30 bits per heavy atom. The van der Waals surface area contributed by atoms with Crippen LogP contribution in [-0.4, -0.2) is 37.6 Å². The number of hydrogen-bond acceptors (Lipinski definition) is 6. The molecular weight excluding hydrogens is 364 g/mol. The van der Waals surface area contributed by atoms with Gasteiger partial charge in [-0.15, -0.1) is 0 Å². The van der Waals surface area contributed by atoms with Crippen molar-refractivity contribution in [3.63, 3.8) is 0 Å². The Kier molecular flexibility index (Phi) is 5.99. The summed E-state index contributed by atoms with van der Waals surface area (Å²) in [6.45, 7) is 0.152. The van der Waals surface area contributed by atoms with Gasteiger partial charge in [0.25, 0.3) is 0 Å². The highest BCUT2D eigenvalue weighted by molar-refractivity contribution is 8.03. The third kappa shape index (κ3) is 4.07. The van der Waals surface area contributed by atoms with E-state index in [1.807, 2.05) is 41.8 Å². The predicted octanol–water partition coefficient (Wildman–Crippen LogP) is 3.28. The smallest absolute Gasteiger partial charge is 0.407 e. The van der Waals surface area contributed by atoms with Crippen LogP contribution >= 0.6 is 11.8 Å². The zero-order chi connectivity index (χ0) is 19.2. The number of benzene rings is 2. The van der Waals surface area contributed by atoms with E-state index in [0.717, 1.165) is 34.0 Å². The number of carbonyl (C=O) groups is 2. The molecule has 3 rings (SSSR count). The molecule has 2 aromatic carbocycles. The van der Waals surface area contributed by atoms with Crippen LogP contribution in [0.25, 0.3) is 11.1 Å². The van der Waals surface area contributed by atoms with Crippen molar-refractivity contribution < 1.29 is 19.1 Å². The number of amides is 1. The van der Waals surface area contributed by atoms with Gasteiger partial charge >= 0.3 is 12.1 Å². The average Bonchev–Trinajstić information content (AvgIpc) is 3.03. The van der Waals surface area contributed by atoms with Gasteiger partial charge in [-0.05, 0) is 34.0 Å². The second-order valence-corrected chi connectivity index (χ2v) is 6.75. The van der Waals surface area contributed by atoms with Crippen molar-refractivity contribution in [1.29, 1.82) is 5.26 Å². The third-order valence-corrected chi connectivity index (χ3v) is 5.07. The van der Waals surface area contributed by atoms with Crippen LogP contribution in [0.3, 0.4) is 0 Å². The topological polar surface area (TPSA) is 88.4 Å². The molecule has 6 nitrogen and oxygen atoms in total. The Hall–Kier alpha value is -2.98. The van der Waals surface area contributed by atoms with Crippen molar-refractivity contribution in [2.75, 3.05) is 19.5 Å². The molecule has 0 radical (unpaired) electrons. The summed E-state index contributed by atoms with van der Waals surface area (Å²) in [6.07, 6.45) is -0.717. The molecule has 0 saturated heterocycles. The Bertz CT molecular complexity index is 848. The summed E-state index contributed by atoms with van der Waals surface area (Å²) in [5.41, 5.74) is 4.49. The van der Waals surface area contributed by atoms with Crippen LogP contribution in [0.5, 0.6) is 0 Å². The number of ether oxygens (including phenoxy) is 2. The van der Waals surface area contributed by atoms with Crippen LogP contribution in [0.2, 0.25) is 0 Å². The van der Waals surface area contributed by atoms with E-state index in [2.05, 4.69) is 22.2 Å². The predicted molar refractivity (Wildman–Crippen MR) is 102 cm³/mol. The van der Waals surface area contributed by atoms with Gasteiger partial charge in [0.15, 0.2) is 0 Å². The van der Waals surface area contributed by atoms with Crippen molar-refractivity contribution >= 4 is 23.8 Å². The van der Waals surface area contributed by atoms with E-state index in [0.29, 0.717) is 0 Å². The number of alkyl carbamates (subject to hydrolysis) is 1. The molecule has 2 aromatic rings. The van der Waals surface area contributed by atoms with Gasteiger partial charge < -0.3 is 14.8 Å². The van der Waals surface area contributed by atoms with E-state index in [1.165, 1.54) is 7.11 Å². The number of thioether (sulfide) groups is 1. The molecule has 27 heavy (non-hydrogen) atoms. The maximum absolute atomic E-state index is 12.2. The van der Waals surface area contributed by atoms with E-state index in [1.54, 1.807) is 0 Å². The van der Waals surface area contributed by atoms with Gasteiger partial charge in [-0.25, -0.2) is 9.59 Å². The van der Waals surface area contributed by atoms with Crippen LogP contribution in [0, 0.1) is 10.7 Å². The van der Waals surface area contributed by atoms with Gasteiger partial charge in [-0.1, -0.05) is 48.5 Å². The highest BCUT2D eigenvalue weighted by Gasteiger charge is 2.29. The molecule has 0 fully saturated rings. The maximum Gasteiger partial charge on any atom is 0.407 e. The van der Waals surface area contributed by atoms with E-state index in [-0.39, 0.29) is 18.3 Å². The Balaban J connectivity index is 1.68. The molecule has 1 N–H and O–H groups in total. The lowest BCUT2D eigenvalue weighted by molar-refractivity contribution is -0.142. The van der Waals surface area contributed by atoms with E-state index in [4.69, 9.17) is 10.00 Å². The summed E-state index contributed by atoms with van der Waals surface area (Å²) in [5, 5.41) is 13.0. The van der Waals surface area contributed by atoms with E-state index in [9.17, 15) is 9.59 Å². The molecule has 0 spiro atoms. The molecule has 7 heteroatoms. The van der Waals surface area contributed by atoms with Crippen LogP contribution in [0.1, 0.15) is 17.0 Å². The number of rotatable bonds is 6. The summed E-state index contributed by atoms with van der Waals surface area (Å²) in [5.74, 6) is -0.590. The molecule has 1 aliphatic carbocycles. The Labute approximate surface area is 161 Å². The van der Waals surface area contributed by atoms with Crippen LogP contribution in [0.15, 0.2) is 48.5 Å². The Morgan fingerprint density at radius 2 is 1.74 bits per heavy atom. The fourth-order valence-electron chi connectivity index (χ4n) is 3.21. The second-order valence-electron chi connectivity index (χ2n) is 5.95. The normalized spacial score (nSPS) is 13.0. The maximum atomic E-state index is 12.2. The largest absolute Gasteiger partial charge is 0.467 e. The number of methoxy groups -OCH3 is 1. The van der Waals surface area contributed by atoms with Gasteiger partial charge in [0, 0.05) is 11.7 Å². The van der Waals surface area contributed by atoms with Crippen LogP contribution < -0.4 is 5.32 Å². The molecular formula is C20H18N2O4S. The zero-order valence-electron chi connectivity index (χ0n) is 14.7. The fraction of sp³-hybridized carbons (Fsp3) is 0.250. The second kappa shape index (κ2) is 8.60. The van der Waals surface area contributed by atoms with Crippen molar-refractivity contribution in [3.8, 4) is 16.5 Å². The minimum absolute atomic E-state index is 0.0618. The molecule has 0 saturated carbocycles. The monoisotopic (exact) mass is 382 g/mol. The van der Waals surface area contributed by atoms with Crippen molar-refractivity contribution in [3.05, 3.63) is 59.7 Å². The van der Waals surface area contributed by atoms with Crippen LogP contribution in [0.4, 0.5) is 4.79 Å². The van der Waals surface area contributed by atoms with Gasteiger partial charge in [-0.2, -0.15) is 5.26 Å². The van der Waals surface area contributed by atoms with Gasteiger partial charge in [0.05, 0.1) is 7.11 Å². The molecule has 1 aliphatic rings. The quantitative estimate of drug-likeness (QED) is 0.609. The lowest BCUT2D eigenvalue weighted by Crippen LogP contribution is -2.43. The molecule has 138 valence electrons. The molecule has 0 aromatic heterocycles. The average molecular weight is 382 g/mol. The number of fused-ring (bicyclic) bond motifs is 3. The number of nitrogens with zero attached hydrogens (tertiary/aromatic N) is 1. The number of nitriles is 1. The first-order chi connectivity index (χ1) is 13.2. The number of hydrogen-bond donors (Lipinski definition) is 1. The van der Waals surface area contributed by atoms with Gasteiger partial charge in [0.2, 0.25) is 0 Å². The number of esters is 1. The summed E-state index contributed by atoms with van der Waals surface area (Å²) >= 11 is 0.861. The van der Waals surface area contributed by atoms with E-state index < -0.39 is 18.1 Å². The minimum atomic E-state index is -0.935. The molecule has 0 bridgehead atoms. The summed E-state index contributed by atoms with van der Waals surface area (Å²) in [4.78, 5) is 23.9. The first-order valence-corrected chi connectivity index (χ1v) is 9.34. The summed E-state index contributed by atoms with van der Waals surface area (Å²) in [7, 11) is 1.23. The lowest BCUT2D eigenvalue weighted by Gasteiger charge is -2.17. The first-order valence-electron chi connectivity index (χ1n) is 8.36. The summed E-state index contributed by atoms with van der Waals surface area (Å²) in [6, 6.07) is 15.1. The SMILES string of the molecule is COC(=O)[C@H](CSC#N)NC(=O)OCC1c2ccccc2-c2ccccc21. The first kappa shape index (κ1) is 18.8. The number of nitrogens with one attached hydrogen (secondary N) is 1. The molecule has 0 heterocycles. The minimum Gasteiger partial charge on any atom is -0.467 e. The molecule has 1 amide bonds. The zero-order valence-corrected chi connectivity index (χ0v) is 15.5. The van der Waals surface area contributed by atoms with Crippen molar-refractivity contribution in [1.82, 2.24) is 5.32 Å². The summed E-state index contributed by atoms with van der Waals surface area (Å²) < 4.78 is 10.0. The van der Waals surface area contributed by atoms with Crippen molar-refractivity contribution in [2.45, 2.75) is 12.0 Å². The van der Waals surface area contributed by atoms with Gasteiger partial charge in [-0.3, -0.25) is 0 Å². The lowest BCUT2D eigenvalue weighted by atomic mass is 9.98. The Morgan fingerprint density at radius 1 is 1.15 bits per heavy atom. The van der Waals surface area contributed by atoms with Crippen molar-refractivity contribution in [2.24, 2.45) is 0 Å². The highest BCUT2D eigenvalue weighted by Crippen LogP contribution is 2.44. The fourth-order valence-corrected chi connectivity index (χ4v) is 3.67. The van der Waals surface area contributed by atoms with E-state index >= 15 is 0 Å². The highest BCUT2D eigenvalue weighted by atomic mass is 32.2. The standard InChI is InChI=1S/C20H18N2O4S/c1-25-19(23)18(11-27-12-21)22-20(24)26-10-17-15-8-4-2-6-13(15)14-7-3-5-9-16(14)17/h2-9,17-18H,10-11H2,1H3,(H,22,24)/t18-/m0/s1. The number of carbonyl (C=O) groups excluding carboxylic acids is 2. The van der Waals surface area contributed by atoms with Crippen LogP contribution in [-0.2, 0) is 14.3 Å².